The molecule has 1 saturated heterocycles. The van der Waals surface area contributed by atoms with Crippen LogP contribution in [0.5, 0.6) is 0 Å². The maximum atomic E-state index is 11.7. The second-order valence-corrected chi connectivity index (χ2v) is 17.1. The second-order valence-electron chi connectivity index (χ2n) is 15.8. The van der Waals surface area contributed by atoms with E-state index in [1.807, 2.05) is 0 Å². The van der Waals surface area contributed by atoms with Crippen LogP contribution in [-0.4, -0.2) is 84.8 Å². The third kappa shape index (κ3) is 6.83. The molecule has 0 aromatic heterocycles. The topological polar surface area (TPSA) is 186 Å². The third-order valence-corrected chi connectivity index (χ3v) is 13.3. The zero-order chi connectivity index (χ0) is 33.1. The van der Waals surface area contributed by atoms with Gasteiger partial charge in [0.1, 0.15) is 36.3 Å². The van der Waals surface area contributed by atoms with E-state index in [0.717, 1.165) is 24.8 Å². The van der Waals surface area contributed by atoms with Gasteiger partial charge in [-0.1, -0.05) is 53.9 Å². The first-order valence-electron chi connectivity index (χ1n) is 17.1. The van der Waals surface area contributed by atoms with E-state index in [2.05, 4.69) is 39.1 Å². The lowest BCUT2D eigenvalue weighted by Crippen LogP contribution is -2.60. The molecule has 14 atom stereocenters. The Morgan fingerprint density at radius 3 is 2.31 bits per heavy atom. The van der Waals surface area contributed by atoms with Crippen molar-refractivity contribution in [3.8, 4) is 0 Å². The lowest BCUT2D eigenvalue weighted by Gasteiger charge is -2.60. The molecule has 11 nitrogen and oxygen atoms in total. The molecular weight excluding hydrogens is 603 g/mol. The largest absolute Gasteiger partial charge is 0.510 e. The highest BCUT2D eigenvalue weighted by Crippen LogP contribution is 2.68. The second kappa shape index (κ2) is 13.4. The summed E-state index contributed by atoms with van der Waals surface area (Å²) in [6.07, 6.45) is 0.615. The normalized spacial score (nSPS) is 46.1. The number of aliphatic hydroxyl groups is 5. The summed E-state index contributed by atoms with van der Waals surface area (Å²) in [5.41, 5.74) is 0.616. The molecule has 0 radical (unpaired) electrons. The molecule has 260 valence electrons. The Bertz CT molecular complexity index is 1130. The first-order chi connectivity index (χ1) is 21.0. The van der Waals surface area contributed by atoms with Crippen LogP contribution >= 0.6 is 7.82 Å². The van der Waals surface area contributed by atoms with Gasteiger partial charge in [-0.15, -0.1) is 0 Å². The predicted octanol–water partition coefficient (Wildman–Crippen LogP) is 4.19. The monoisotopic (exact) mass is 660 g/mol. The zero-order valence-corrected chi connectivity index (χ0v) is 28.4. The summed E-state index contributed by atoms with van der Waals surface area (Å²) in [7, 11) is -4.86. The van der Waals surface area contributed by atoms with Crippen molar-refractivity contribution < 1.29 is 53.9 Å². The Kier molecular flexibility index (Phi) is 10.6. The molecule has 0 amide bonds. The van der Waals surface area contributed by atoms with Crippen LogP contribution in [0.15, 0.2) is 11.3 Å². The summed E-state index contributed by atoms with van der Waals surface area (Å²) in [6.45, 7) is 10.9. The predicted molar refractivity (Wildman–Crippen MR) is 166 cm³/mol. The smallest absolute Gasteiger partial charge is 0.469 e. The van der Waals surface area contributed by atoms with E-state index in [0.29, 0.717) is 42.9 Å². The highest BCUT2D eigenvalue weighted by Gasteiger charge is 2.63. The average Bonchev–Trinajstić information content (AvgIpc) is 3.32. The Morgan fingerprint density at radius 2 is 1.64 bits per heavy atom. The molecule has 1 unspecified atom stereocenters. The van der Waals surface area contributed by atoms with Gasteiger partial charge in [0, 0.05) is 0 Å². The molecule has 0 aromatic rings. The maximum Gasteiger partial charge on any atom is 0.469 e. The fourth-order valence-corrected chi connectivity index (χ4v) is 10.7. The molecule has 5 aliphatic rings. The summed E-state index contributed by atoms with van der Waals surface area (Å²) in [6, 6.07) is 0. The number of rotatable bonds is 10. The summed E-state index contributed by atoms with van der Waals surface area (Å²) < 4.78 is 27.4. The van der Waals surface area contributed by atoms with Crippen LogP contribution in [-0.2, 0) is 18.6 Å². The number of aliphatic hydroxyl groups excluding tert-OH is 5. The van der Waals surface area contributed by atoms with Gasteiger partial charge < -0.3 is 44.8 Å². The first-order valence-corrected chi connectivity index (χ1v) is 18.7. The van der Waals surface area contributed by atoms with Crippen molar-refractivity contribution in [2.24, 2.45) is 46.3 Å². The van der Waals surface area contributed by atoms with E-state index in [-0.39, 0.29) is 28.4 Å². The van der Waals surface area contributed by atoms with Gasteiger partial charge >= 0.3 is 7.82 Å². The van der Waals surface area contributed by atoms with Gasteiger partial charge in [0.25, 0.3) is 0 Å². The van der Waals surface area contributed by atoms with Crippen LogP contribution in [0.4, 0.5) is 0 Å². The fourth-order valence-electron chi connectivity index (χ4n) is 10.4. The number of phosphoric ester groups is 1. The number of ether oxygens (including phenoxy) is 2. The van der Waals surface area contributed by atoms with Gasteiger partial charge in [-0.05, 0) is 96.9 Å². The van der Waals surface area contributed by atoms with Crippen molar-refractivity contribution in [1.29, 1.82) is 0 Å². The van der Waals surface area contributed by atoms with Crippen LogP contribution < -0.4 is 0 Å². The van der Waals surface area contributed by atoms with E-state index in [1.165, 1.54) is 25.7 Å². The Morgan fingerprint density at radius 1 is 0.933 bits per heavy atom. The van der Waals surface area contributed by atoms with Crippen molar-refractivity contribution >= 4 is 7.82 Å². The third-order valence-electron chi connectivity index (χ3n) is 12.8. The fraction of sp³-hybridized carbons (Fsp3) is 0.939. The number of hydrogen-bond donors (Lipinski definition) is 7. The first kappa shape index (κ1) is 35.7. The summed E-state index contributed by atoms with van der Waals surface area (Å²) in [5, 5.41) is 54.6. The molecule has 0 bridgehead atoms. The minimum Gasteiger partial charge on any atom is -0.510 e. The van der Waals surface area contributed by atoms with Gasteiger partial charge in [-0.3, -0.25) is 4.52 Å². The van der Waals surface area contributed by atoms with Crippen molar-refractivity contribution in [1.82, 2.24) is 0 Å². The molecule has 5 rings (SSSR count). The minimum atomic E-state index is -4.86. The standard InChI is InChI=1S/C33H57O11P/c1-17(2)7-6-8-18(3)20-9-10-21-25-22(12-14-32(20,21)4)33(5)13-11-19(15-23(33)26(34)28(25)36)43-31-30(38)29(37)27(35)24(44-31)16-42-45(39,40)41/h17-22,24-25,27-31,34-38H,6-16H2,1-5H3,(H2,39,40,41)/t18-,19+,20-,21+,22+,24-,25+,27+,28?,29+,30+,31+,32-,33-/m1/s1. The molecule has 7 N–H and O–H groups in total. The van der Waals surface area contributed by atoms with Crippen LogP contribution in [0.25, 0.3) is 0 Å². The number of phosphoric acid groups is 1. The Labute approximate surface area is 267 Å². The summed E-state index contributed by atoms with van der Waals surface area (Å²) >= 11 is 0. The van der Waals surface area contributed by atoms with Gasteiger partial charge in [0.15, 0.2) is 6.29 Å². The minimum absolute atomic E-state index is 0.00208. The number of hydrogen-bond acceptors (Lipinski definition) is 9. The lowest BCUT2D eigenvalue weighted by atomic mass is 9.46. The van der Waals surface area contributed by atoms with Crippen LogP contribution in [0, 0.1) is 46.3 Å². The lowest BCUT2D eigenvalue weighted by molar-refractivity contribution is -0.312. The van der Waals surface area contributed by atoms with Gasteiger partial charge in [-0.25, -0.2) is 4.57 Å². The molecular formula is C33H57O11P. The Balaban J connectivity index is 1.29. The molecule has 1 aliphatic heterocycles. The molecule has 0 aromatic carbocycles. The molecule has 4 fully saturated rings. The summed E-state index contributed by atoms with van der Waals surface area (Å²) in [4.78, 5) is 18.1. The Hall–Kier alpha value is -0.590. The van der Waals surface area contributed by atoms with E-state index in [1.54, 1.807) is 0 Å². The molecule has 0 spiro atoms. The maximum absolute atomic E-state index is 11.7. The van der Waals surface area contributed by atoms with Crippen molar-refractivity contribution in [3.05, 3.63) is 11.3 Å². The van der Waals surface area contributed by atoms with E-state index < -0.39 is 57.3 Å². The highest BCUT2D eigenvalue weighted by molar-refractivity contribution is 7.46. The average molecular weight is 661 g/mol. The summed E-state index contributed by atoms with van der Waals surface area (Å²) in [5.74, 6) is 2.60. The van der Waals surface area contributed by atoms with Crippen molar-refractivity contribution in [2.45, 2.75) is 142 Å². The van der Waals surface area contributed by atoms with Crippen LogP contribution in [0.1, 0.15) is 98.8 Å². The van der Waals surface area contributed by atoms with Crippen molar-refractivity contribution in [2.75, 3.05) is 6.61 Å². The van der Waals surface area contributed by atoms with E-state index in [4.69, 9.17) is 19.3 Å². The van der Waals surface area contributed by atoms with Gasteiger partial charge in [0.2, 0.25) is 0 Å². The number of fused-ring (bicyclic) bond motifs is 5. The quantitative estimate of drug-likeness (QED) is 0.167. The van der Waals surface area contributed by atoms with Crippen LogP contribution in [0.2, 0.25) is 0 Å². The molecule has 3 saturated carbocycles. The van der Waals surface area contributed by atoms with E-state index >= 15 is 0 Å². The van der Waals surface area contributed by atoms with Gasteiger partial charge in [-0.2, -0.15) is 0 Å². The molecule has 4 aliphatic carbocycles. The van der Waals surface area contributed by atoms with Crippen LogP contribution in [0.3, 0.4) is 0 Å². The van der Waals surface area contributed by atoms with Crippen molar-refractivity contribution in [3.63, 3.8) is 0 Å². The van der Waals surface area contributed by atoms with Gasteiger partial charge in [0.05, 0.1) is 12.7 Å². The van der Waals surface area contributed by atoms with E-state index in [9.17, 15) is 30.1 Å². The highest BCUT2D eigenvalue weighted by atomic mass is 31.2. The molecule has 12 heteroatoms. The SMILES string of the molecule is CC(C)CCC[C@@H](C)[C@H]1CC[C@H]2[C@@H]3C(O)C(O)=C4C[C@@H](O[C@H]5O[C@H](COP(=O)(O)O)[C@H](O)[C@H](O)[C@@H]5O)CC[C@]4(C)[C@H]3CC[C@]12C. The molecule has 45 heavy (non-hydrogen) atoms. The zero-order valence-electron chi connectivity index (χ0n) is 27.5. The molecule has 1 heterocycles.